The fourth-order valence-corrected chi connectivity index (χ4v) is 3.67. The van der Waals surface area contributed by atoms with Crippen LogP contribution in [0.25, 0.3) is 16.9 Å². The fourth-order valence-electron chi connectivity index (χ4n) is 3.67. The molecule has 5 rings (SSSR count). The van der Waals surface area contributed by atoms with Gasteiger partial charge in [0.1, 0.15) is 19.0 Å². The van der Waals surface area contributed by atoms with E-state index in [1.807, 2.05) is 37.0 Å². The number of nitrogens with one attached hydrogen (secondary N) is 1. The quantitative estimate of drug-likeness (QED) is 0.774. The van der Waals surface area contributed by atoms with Crippen molar-refractivity contribution in [2.24, 2.45) is 0 Å². The van der Waals surface area contributed by atoms with E-state index in [1.165, 1.54) is 11.3 Å². The van der Waals surface area contributed by atoms with Gasteiger partial charge in [-0.25, -0.2) is 4.68 Å². The van der Waals surface area contributed by atoms with E-state index >= 15 is 0 Å². The van der Waals surface area contributed by atoms with Gasteiger partial charge in [-0.2, -0.15) is 5.10 Å². The molecule has 3 aromatic rings. The van der Waals surface area contributed by atoms with Crippen LogP contribution in [0.4, 0.5) is 11.5 Å². The SMILES string of the molecule is CN(C)c1ccc(-c2nn(-c3ccc4c(c3)OCCO4)c3c2CCN3)cc1. The molecular weight excluding hydrogens is 340 g/mol. The highest BCUT2D eigenvalue weighted by Gasteiger charge is 2.24. The molecule has 27 heavy (non-hydrogen) atoms. The van der Waals surface area contributed by atoms with Crippen molar-refractivity contribution in [1.29, 1.82) is 0 Å². The molecule has 3 heterocycles. The number of benzene rings is 2. The minimum atomic E-state index is 0.579. The molecule has 0 saturated heterocycles. The Bertz CT molecular complexity index is 992. The smallest absolute Gasteiger partial charge is 0.163 e. The van der Waals surface area contributed by atoms with Crippen LogP contribution in [0, 0.1) is 0 Å². The van der Waals surface area contributed by atoms with Crippen LogP contribution in [0.5, 0.6) is 11.5 Å². The molecule has 0 unspecified atom stereocenters. The molecule has 2 aromatic carbocycles. The van der Waals surface area contributed by atoms with Gasteiger partial charge in [0.15, 0.2) is 11.5 Å². The van der Waals surface area contributed by atoms with Crippen molar-refractivity contribution in [2.75, 3.05) is 44.1 Å². The summed E-state index contributed by atoms with van der Waals surface area (Å²) in [7, 11) is 4.10. The molecule has 0 fully saturated rings. The molecule has 1 aromatic heterocycles. The largest absolute Gasteiger partial charge is 0.486 e. The van der Waals surface area contributed by atoms with Gasteiger partial charge in [-0.15, -0.1) is 0 Å². The summed E-state index contributed by atoms with van der Waals surface area (Å²) in [5, 5.41) is 8.43. The Morgan fingerprint density at radius 3 is 2.56 bits per heavy atom. The van der Waals surface area contributed by atoms with Crippen molar-refractivity contribution in [2.45, 2.75) is 6.42 Å². The molecule has 0 saturated carbocycles. The third-order valence-corrected chi connectivity index (χ3v) is 5.08. The molecule has 2 aliphatic rings. The normalized spacial score (nSPS) is 14.6. The van der Waals surface area contributed by atoms with Crippen molar-refractivity contribution in [3.8, 4) is 28.4 Å². The summed E-state index contributed by atoms with van der Waals surface area (Å²) in [6.45, 7) is 2.11. The third kappa shape index (κ3) is 2.68. The van der Waals surface area contributed by atoms with E-state index in [0.717, 1.165) is 47.2 Å². The van der Waals surface area contributed by atoms with E-state index in [-0.39, 0.29) is 0 Å². The zero-order valence-electron chi connectivity index (χ0n) is 15.5. The van der Waals surface area contributed by atoms with Crippen molar-refractivity contribution >= 4 is 11.5 Å². The van der Waals surface area contributed by atoms with E-state index < -0.39 is 0 Å². The lowest BCUT2D eigenvalue weighted by Gasteiger charge is -2.19. The third-order valence-electron chi connectivity index (χ3n) is 5.08. The van der Waals surface area contributed by atoms with Gasteiger partial charge in [-0.1, -0.05) is 12.1 Å². The number of hydrogen-bond acceptors (Lipinski definition) is 5. The maximum absolute atomic E-state index is 5.74. The lowest BCUT2D eigenvalue weighted by molar-refractivity contribution is 0.171. The molecule has 6 nitrogen and oxygen atoms in total. The molecular formula is C21H22N4O2. The highest BCUT2D eigenvalue weighted by molar-refractivity contribution is 5.74. The predicted molar refractivity (Wildman–Crippen MR) is 107 cm³/mol. The van der Waals surface area contributed by atoms with E-state index in [9.17, 15) is 0 Å². The average Bonchev–Trinajstić information content (AvgIpc) is 3.30. The first-order valence-electron chi connectivity index (χ1n) is 9.24. The number of hydrogen-bond donors (Lipinski definition) is 1. The Hall–Kier alpha value is -3.15. The standard InChI is InChI=1S/C21H22N4O2/c1-24(2)15-5-3-14(4-6-15)20-17-9-10-22-21(17)25(23-20)16-7-8-18-19(13-16)27-12-11-26-18/h3-8,13,22H,9-12H2,1-2H3. The van der Waals surface area contributed by atoms with E-state index in [0.29, 0.717) is 13.2 Å². The minimum absolute atomic E-state index is 0.579. The second-order valence-electron chi connectivity index (χ2n) is 7.03. The number of fused-ring (bicyclic) bond motifs is 2. The van der Waals surface area contributed by atoms with Gasteiger partial charge in [0.25, 0.3) is 0 Å². The monoisotopic (exact) mass is 362 g/mol. The second kappa shape index (κ2) is 6.23. The van der Waals surface area contributed by atoms with Crippen molar-refractivity contribution in [3.05, 3.63) is 48.0 Å². The van der Waals surface area contributed by atoms with Gasteiger partial charge < -0.3 is 19.7 Å². The van der Waals surface area contributed by atoms with Crippen LogP contribution < -0.4 is 19.7 Å². The van der Waals surface area contributed by atoms with Crippen LogP contribution in [-0.4, -0.2) is 43.6 Å². The van der Waals surface area contributed by atoms with Crippen molar-refractivity contribution in [3.63, 3.8) is 0 Å². The molecule has 1 N–H and O–H groups in total. The summed E-state index contributed by atoms with van der Waals surface area (Å²) in [5.74, 6) is 2.64. The van der Waals surface area contributed by atoms with E-state index in [4.69, 9.17) is 14.6 Å². The van der Waals surface area contributed by atoms with Gasteiger partial charge in [0.2, 0.25) is 0 Å². The van der Waals surface area contributed by atoms with Crippen LogP contribution in [0.2, 0.25) is 0 Å². The first-order valence-corrected chi connectivity index (χ1v) is 9.24. The van der Waals surface area contributed by atoms with Crippen LogP contribution in [0.1, 0.15) is 5.56 Å². The molecule has 0 radical (unpaired) electrons. The summed E-state index contributed by atoms with van der Waals surface area (Å²) in [4.78, 5) is 2.10. The summed E-state index contributed by atoms with van der Waals surface area (Å²) >= 11 is 0. The lowest BCUT2D eigenvalue weighted by Crippen LogP contribution is -2.15. The molecule has 138 valence electrons. The second-order valence-corrected chi connectivity index (χ2v) is 7.03. The van der Waals surface area contributed by atoms with Crippen molar-refractivity contribution in [1.82, 2.24) is 9.78 Å². The summed E-state index contributed by atoms with van der Waals surface area (Å²) in [6, 6.07) is 14.5. The van der Waals surface area contributed by atoms with Gasteiger partial charge >= 0.3 is 0 Å². The number of anilines is 2. The molecule has 6 heteroatoms. The van der Waals surface area contributed by atoms with E-state index in [2.05, 4.69) is 34.5 Å². The Morgan fingerprint density at radius 2 is 1.78 bits per heavy atom. The fraction of sp³-hybridized carbons (Fsp3) is 0.286. The summed E-state index contributed by atoms with van der Waals surface area (Å²) < 4.78 is 13.4. The van der Waals surface area contributed by atoms with Crippen LogP contribution in [0.15, 0.2) is 42.5 Å². The van der Waals surface area contributed by atoms with E-state index in [1.54, 1.807) is 0 Å². The summed E-state index contributed by atoms with van der Waals surface area (Å²) in [5.41, 5.74) is 5.59. The van der Waals surface area contributed by atoms with Crippen LogP contribution >= 0.6 is 0 Å². The average molecular weight is 362 g/mol. The number of ether oxygens (including phenoxy) is 2. The molecule has 0 bridgehead atoms. The topological polar surface area (TPSA) is 51.6 Å². The minimum Gasteiger partial charge on any atom is -0.486 e. The summed E-state index contributed by atoms with van der Waals surface area (Å²) in [6.07, 6.45) is 0.977. The number of rotatable bonds is 3. The maximum atomic E-state index is 5.74. The van der Waals surface area contributed by atoms with Gasteiger partial charge in [-0.05, 0) is 30.7 Å². The number of aromatic nitrogens is 2. The van der Waals surface area contributed by atoms with Gasteiger partial charge in [-0.3, -0.25) is 0 Å². The first-order chi connectivity index (χ1) is 13.2. The maximum Gasteiger partial charge on any atom is 0.163 e. The molecule has 0 atom stereocenters. The Morgan fingerprint density at radius 1 is 1.00 bits per heavy atom. The molecule has 0 spiro atoms. The predicted octanol–water partition coefficient (Wildman–Crippen LogP) is 3.34. The zero-order chi connectivity index (χ0) is 18.4. The number of nitrogens with zero attached hydrogens (tertiary/aromatic N) is 3. The Balaban J connectivity index is 1.58. The van der Waals surface area contributed by atoms with Crippen molar-refractivity contribution < 1.29 is 9.47 Å². The Labute approximate surface area is 158 Å². The van der Waals surface area contributed by atoms with Gasteiger partial charge in [0, 0.05) is 43.5 Å². The zero-order valence-corrected chi connectivity index (χ0v) is 15.5. The first kappa shape index (κ1) is 16.1. The Kier molecular flexibility index (Phi) is 3.70. The highest BCUT2D eigenvalue weighted by Crippen LogP contribution is 2.37. The van der Waals surface area contributed by atoms with Crippen LogP contribution in [0.3, 0.4) is 0 Å². The highest BCUT2D eigenvalue weighted by atomic mass is 16.6. The van der Waals surface area contributed by atoms with Gasteiger partial charge in [0.05, 0.1) is 11.4 Å². The molecule has 0 amide bonds. The lowest BCUT2D eigenvalue weighted by atomic mass is 10.1. The van der Waals surface area contributed by atoms with Crippen LogP contribution in [-0.2, 0) is 6.42 Å². The molecule has 2 aliphatic heterocycles. The molecule has 0 aliphatic carbocycles.